The van der Waals surface area contributed by atoms with Crippen LogP contribution in [0.1, 0.15) is 21.5 Å². The highest BCUT2D eigenvalue weighted by atomic mass is 16.5. The van der Waals surface area contributed by atoms with Crippen molar-refractivity contribution in [2.75, 3.05) is 7.11 Å². The normalized spacial score (nSPS) is 10.1. The molecule has 20 heavy (non-hydrogen) atoms. The minimum atomic E-state index is -0.182. The summed E-state index contributed by atoms with van der Waals surface area (Å²) in [6, 6.07) is 8.25. The zero-order chi connectivity index (χ0) is 14.5. The van der Waals surface area contributed by atoms with Crippen LogP contribution in [0.4, 0.5) is 0 Å². The first-order chi connectivity index (χ1) is 9.60. The van der Waals surface area contributed by atoms with E-state index in [1.165, 1.54) is 6.07 Å². The Hall–Kier alpha value is -2.56. The maximum Gasteiger partial charge on any atom is 0.251 e. The first kappa shape index (κ1) is 13.9. The fourth-order valence-electron chi connectivity index (χ4n) is 1.82. The largest absolute Gasteiger partial charge is 0.508 e. The third-order valence-electron chi connectivity index (χ3n) is 2.91. The first-order valence-electron chi connectivity index (χ1n) is 6.17. The molecule has 0 aliphatic carbocycles. The lowest BCUT2D eigenvalue weighted by molar-refractivity contribution is 0.0950. The molecular weight excluding hydrogens is 256 g/mol. The number of hydrogen-bond acceptors (Lipinski definition) is 4. The molecule has 0 aliphatic rings. The predicted molar refractivity (Wildman–Crippen MR) is 74.8 cm³/mol. The fraction of sp³-hybridized carbons (Fsp3) is 0.200. The number of nitrogens with zero attached hydrogens (tertiary/aromatic N) is 1. The lowest BCUT2D eigenvalue weighted by atomic mass is 10.1. The van der Waals surface area contributed by atoms with Crippen molar-refractivity contribution < 1.29 is 14.6 Å². The number of phenolic OH excluding ortho intramolecular Hbond substituents is 1. The van der Waals surface area contributed by atoms with Gasteiger partial charge in [0.15, 0.2) is 0 Å². The summed E-state index contributed by atoms with van der Waals surface area (Å²) in [5, 5.41) is 12.1. The molecule has 0 aliphatic heterocycles. The van der Waals surface area contributed by atoms with Gasteiger partial charge in [-0.3, -0.25) is 4.79 Å². The van der Waals surface area contributed by atoms with Crippen LogP contribution in [0.25, 0.3) is 0 Å². The van der Waals surface area contributed by atoms with Crippen LogP contribution in [0.5, 0.6) is 11.6 Å². The molecule has 5 nitrogen and oxygen atoms in total. The predicted octanol–water partition coefficient (Wildman–Crippen LogP) is 2.03. The summed E-state index contributed by atoms with van der Waals surface area (Å²) in [7, 11) is 1.55. The maximum absolute atomic E-state index is 12.0. The van der Waals surface area contributed by atoms with E-state index in [0.717, 1.165) is 11.1 Å². The van der Waals surface area contributed by atoms with Gasteiger partial charge >= 0.3 is 0 Å². The quantitative estimate of drug-likeness (QED) is 0.893. The number of ether oxygens (including phenoxy) is 1. The molecule has 0 saturated heterocycles. The van der Waals surface area contributed by atoms with E-state index in [1.807, 2.05) is 6.07 Å². The van der Waals surface area contributed by atoms with Crippen molar-refractivity contribution in [3.8, 4) is 11.6 Å². The average Bonchev–Trinajstić information content (AvgIpc) is 2.45. The van der Waals surface area contributed by atoms with Gasteiger partial charge in [-0.2, -0.15) is 0 Å². The molecule has 104 valence electrons. The van der Waals surface area contributed by atoms with Crippen LogP contribution < -0.4 is 10.1 Å². The summed E-state index contributed by atoms with van der Waals surface area (Å²) in [5.41, 5.74) is 2.16. The molecule has 2 rings (SSSR count). The monoisotopic (exact) mass is 272 g/mol. The molecule has 0 spiro atoms. The number of aryl methyl sites for hydroxylation is 1. The average molecular weight is 272 g/mol. The lowest BCUT2D eigenvalue weighted by Gasteiger charge is -2.08. The molecule has 1 heterocycles. The van der Waals surface area contributed by atoms with Crippen molar-refractivity contribution in [1.82, 2.24) is 10.3 Å². The van der Waals surface area contributed by atoms with Gasteiger partial charge in [0.05, 0.1) is 7.11 Å². The van der Waals surface area contributed by atoms with Gasteiger partial charge in [-0.25, -0.2) is 4.98 Å². The van der Waals surface area contributed by atoms with Crippen molar-refractivity contribution in [2.24, 2.45) is 0 Å². The van der Waals surface area contributed by atoms with Crippen LogP contribution in [0, 0.1) is 6.92 Å². The summed E-state index contributed by atoms with van der Waals surface area (Å²) >= 11 is 0. The number of hydrogen-bond donors (Lipinski definition) is 2. The first-order valence-corrected chi connectivity index (χ1v) is 6.17. The number of rotatable bonds is 4. The Morgan fingerprint density at radius 3 is 2.75 bits per heavy atom. The van der Waals surface area contributed by atoms with Gasteiger partial charge in [-0.15, -0.1) is 0 Å². The zero-order valence-corrected chi connectivity index (χ0v) is 11.4. The van der Waals surface area contributed by atoms with E-state index in [4.69, 9.17) is 4.74 Å². The SMILES string of the molecule is COc1ccc(CNC(=O)c2ccc(O)cc2C)cn1. The molecular formula is C15H16N2O3. The Bertz CT molecular complexity index is 609. The summed E-state index contributed by atoms with van der Waals surface area (Å²) in [4.78, 5) is 16.1. The Balaban J connectivity index is 2.00. The number of nitrogens with one attached hydrogen (secondary N) is 1. The standard InChI is InChI=1S/C15H16N2O3/c1-10-7-12(18)4-5-13(10)15(19)17-9-11-3-6-14(20-2)16-8-11/h3-8,18H,9H2,1-2H3,(H,17,19). The number of phenols is 1. The Morgan fingerprint density at radius 1 is 1.35 bits per heavy atom. The zero-order valence-electron chi connectivity index (χ0n) is 11.4. The molecule has 0 saturated carbocycles. The Kier molecular flexibility index (Phi) is 4.20. The molecule has 2 aromatic rings. The van der Waals surface area contributed by atoms with Gasteiger partial charge in [-0.05, 0) is 36.2 Å². The molecule has 1 aromatic carbocycles. The van der Waals surface area contributed by atoms with Crippen LogP contribution in [0.3, 0.4) is 0 Å². The summed E-state index contributed by atoms with van der Waals surface area (Å²) in [6.07, 6.45) is 1.66. The molecule has 0 unspecified atom stereocenters. The maximum atomic E-state index is 12.0. The van der Waals surface area contributed by atoms with Crippen LogP contribution in [0.15, 0.2) is 36.5 Å². The minimum absolute atomic E-state index is 0.151. The number of carbonyl (C=O) groups is 1. The fourth-order valence-corrected chi connectivity index (χ4v) is 1.82. The second kappa shape index (κ2) is 6.06. The number of carbonyl (C=O) groups excluding carboxylic acids is 1. The summed E-state index contributed by atoms with van der Waals surface area (Å²) in [5.74, 6) is 0.506. The number of amides is 1. The van der Waals surface area contributed by atoms with E-state index in [-0.39, 0.29) is 11.7 Å². The molecule has 1 aromatic heterocycles. The van der Waals surface area contributed by atoms with Crippen LogP contribution >= 0.6 is 0 Å². The van der Waals surface area contributed by atoms with Crippen LogP contribution in [0.2, 0.25) is 0 Å². The third kappa shape index (κ3) is 3.26. The number of aromatic hydroxyl groups is 1. The number of methoxy groups -OCH3 is 1. The van der Waals surface area contributed by atoms with Crippen molar-refractivity contribution in [3.63, 3.8) is 0 Å². The second-order valence-corrected chi connectivity index (χ2v) is 4.39. The summed E-state index contributed by atoms with van der Waals surface area (Å²) in [6.45, 7) is 2.17. The highest BCUT2D eigenvalue weighted by molar-refractivity contribution is 5.95. The van der Waals surface area contributed by atoms with E-state index < -0.39 is 0 Å². The van der Waals surface area contributed by atoms with Gasteiger partial charge in [0, 0.05) is 24.4 Å². The van der Waals surface area contributed by atoms with E-state index >= 15 is 0 Å². The molecule has 0 radical (unpaired) electrons. The molecule has 0 atom stereocenters. The number of pyridine rings is 1. The van der Waals surface area contributed by atoms with Gasteiger partial charge in [0.1, 0.15) is 5.75 Å². The van der Waals surface area contributed by atoms with Gasteiger partial charge < -0.3 is 15.2 Å². The molecule has 0 bridgehead atoms. The summed E-state index contributed by atoms with van der Waals surface area (Å²) < 4.78 is 4.97. The molecule has 1 amide bonds. The van der Waals surface area contributed by atoms with Gasteiger partial charge in [-0.1, -0.05) is 6.07 Å². The molecule has 2 N–H and O–H groups in total. The van der Waals surface area contributed by atoms with E-state index in [0.29, 0.717) is 18.0 Å². The number of benzene rings is 1. The van der Waals surface area contributed by atoms with Gasteiger partial charge in [0.25, 0.3) is 5.91 Å². The minimum Gasteiger partial charge on any atom is -0.508 e. The van der Waals surface area contributed by atoms with E-state index in [9.17, 15) is 9.90 Å². The second-order valence-electron chi connectivity index (χ2n) is 4.39. The van der Waals surface area contributed by atoms with Gasteiger partial charge in [0.2, 0.25) is 5.88 Å². The molecule has 5 heteroatoms. The molecule has 0 fully saturated rings. The van der Waals surface area contributed by atoms with E-state index in [2.05, 4.69) is 10.3 Å². The smallest absolute Gasteiger partial charge is 0.251 e. The highest BCUT2D eigenvalue weighted by Gasteiger charge is 2.09. The highest BCUT2D eigenvalue weighted by Crippen LogP contribution is 2.15. The third-order valence-corrected chi connectivity index (χ3v) is 2.91. The van der Waals surface area contributed by atoms with Crippen LogP contribution in [-0.2, 0) is 6.54 Å². The Morgan fingerprint density at radius 2 is 2.15 bits per heavy atom. The van der Waals surface area contributed by atoms with E-state index in [1.54, 1.807) is 38.4 Å². The topological polar surface area (TPSA) is 71.5 Å². The Labute approximate surface area is 117 Å². The lowest BCUT2D eigenvalue weighted by Crippen LogP contribution is -2.23. The number of aromatic nitrogens is 1. The van der Waals surface area contributed by atoms with Crippen LogP contribution in [-0.4, -0.2) is 23.1 Å². The van der Waals surface area contributed by atoms with Crippen molar-refractivity contribution in [2.45, 2.75) is 13.5 Å². The van der Waals surface area contributed by atoms with Crippen molar-refractivity contribution in [3.05, 3.63) is 53.2 Å². The van der Waals surface area contributed by atoms with Crippen molar-refractivity contribution in [1.29, 1.82) is 0 Å². The van der Waals surface area contributed by atoms with Crippen molar-refractivity contribution >= 4 is 5.91 Å².